The molecule has 1 unspecified atom stereocenters. The van der Waals surface area contributed by atoms with Gasteiger partial charge in [-0.3, -0.25) is 14.5 Å². The van der Waals surface area contributed by atoms with Crippen LogP contribution in [0.15, 0.2) is 42.6 Å². The van der Waals surface area contributed by atoms with Crippen LogP contribution in [0.1, 0.15) is 45.0 Å². The zero-order chi connectivity index (χ0) is 19.1. The van der Waals surface area contributed by atoms with Crippen LogP contribution >= 0.6 is 0 Å². The molecule has 0 fully saturated rings. The molecule has 2 aromatic rings. The van der Waals surface area contributed by atoms with Gasteiger partial charge in [0.2, 0.25) is 5.91 Å². The molecule has 2 heterocycles. The van der Waals surface area contributed by atoms with E-state index in [1.807, 2.05) is 58.9 Å². The number of allylic oxidation sites excluding steroid dienone is 1. The monoisotopic (exact) mass is 352 g/mol. The molecule has 1 N–H and O–H groups in total. The van der Waals surface area contributed by atoms with Crippen LogP contribution in [0.4, 0.5) is 5.69 Å². The molecule has 6 heteroatoms. The van der Waals surface area contributed by atoms with E-state index < -0.39 is 11.6 Å². The lowest BCUT2D eigenvalue weighted by atomic mass is 10.0. The van der Waals surface area contributed by atoms with Crippen molar-refractivity contribution in [3.8, 4) is 0 Å². The lowest BCUT2D eigenvalue weighted by Crippen LogP contribution is -2.49. The van der Waals surface area contributed by atoms with Crippen LogP contribution in [0, 0.1) is 6.92 Å². The van der Waals surface area contributed by atoms with Crippen LogP contribution in [-0.4, -0.2) is 27.1 Å². The number of hydrogen-bond acceptors (Lipinski definition) is 3. The average Bonchev–Trinajstić information content (AvgIpc) is 2.95. The topological polar surface area (TPSA) is 67.2 Å². The molecule has 1 atom stereocenters. The van der Waals surface area contributed by atoms with Gasteiger partial charge in [-0.05, 0) is 58.4 Å². The third-order valence-corrected chi connectivity index (χ3v) is 4.14. The summed E-state index contributed by atoms with van der Waals surface area (Å²) in [4.78, 5) is 27.7. The molecule has 1 aliphatic rings. The zero-order valence-corrected chi connectivity index (χ0v) is 15.8. The maximum Gasteiger partial charge on any atom is 0.253 e. The van der Waals surface area contributed by atoms with Gasteiger partial charge in [-0.2, -0.15) is 5.10 Å². The van der Waals surface area contributed by atoms with Crippen molar-refractivity contribution in [2.24, 2.45) is 0 Å². The highest BCUT2D eigenvalue weighted by atomic mass is 16.2. The van der Waals surface area contributed by atoms with Crippen LogP contribution in [0.2, 0.25) is 0 Å². The van der Waals surface area contributed by atoms with Crippen molar-refractivity contribution in [1.82, 2.24) is 15.1 Å². The van der Waals surface area contributed by atoms with E-state index in [4.69, 9.17) is 0 Å². The number of benzene rings is 1. The fourth-order valence-corrected chi connectivity index (χ4v) is 3.13. The first-order valence-corrected chi connectivity index (χ1v) is 8.62. The Morgan fingerprint density at radius 1 is 1.19 bits per heavy atom. The number of anilines is 1. The standard InChI is InChI=1S/C20H24N4O2/c1-13-7-6-8-15(11-13)23-17(25)12-14(2)24-16(9-10-21-24)18(23)19(26)22-20(3,4)5/h6-12,18H,1-5H3,(H,22,26). The van der Waals surface area contributed by atoms with Crippen molar-refractivity contribution in [3.05, 3.63) is 53.9 Å². The maximum absolute atomic E-state index is 13.2. The zero-order valence-electron chi connectivity index (χ0n) is 15.8. The molecular formula is C20H24N4O2. The normalized spacial score (nSPS) is 17.4. The Morgan fingerprint density at radius 2 is 1.92 bits per heavy atom. The molecule has 0 saturated heterocycles. The SMILES string of the molecule is CC1=CC(=O)N(c2cccc(C)c2)C(C(=O)NC(C)(C)C)c2ccnn21. The number of aromatic nitrogens is 2. The number of nitrogens with one attached hydrogen (secondary N) is 1. The first-order chi connectivity index (χ1) is 12.2. The Labute approximate surface area is 153 Å². The first kappa shape index (κ1) is 17.9. The molecule has 1 aromatic heterocycles. The number of hydrogen-bond donors (Lipinski definition) is 1. The van der Waals surface area contributed by atoms with Crippen LogP contribution in [0.5, 0.6) is 0 Å². The van der Waals surface area contributed by atoms with E-state index in [2.05, 4.69) is 10.4 Å². The third-order valence-electron chi connectivity index (χ3n) is 4.14. The number of carbonyl (C=O) groups is 2. The quantitative estimate of drug-likeness (QED) is 0.903. The Kier molecular flexibility index (Phi) is 4.44. The van der Waals surface area contributed by atoms with Crippen molar-refractivity contribution >= 4 is 23.2 Å². The molecule has 26 heavy (non-hydrogen) atoms. The highest BCUT2D eigenvalue weighted by molar-refractivity contribution is 6.09. The highest BCUT2D eigenvalue weighted by Crippen LogP contribution is 2.32. The van der Waals surface area contributed by atoms with Crippen LogP contribution < -0.4 is 10.2 Å². The Balaban J connectivity index is 2.18. The second-order valence-electron chi connectivity index (χ2n) is 7.64. The average molecular weight is 352 g/mol. The van der Waals surface area contributed by atoms with E-state index in [-0.39, 0.29) is 11.8 Å². The molecule has 6 nitrogen and oxygen atoms in total. The van der Waals surface area contributed by atoms with Gasteiger partial charge >= 0.3 is 0 Å². The van der Waals surface area contributed by atoms with Gasteiger partial charge in [-0.1, -0.05) is 12.1 Å². The Morgan fingerprint density at radius 3 is 2.58 bits per heavy atom. The van der Waals surface area contributed by atoms with E-state index >= 15 is 0 Å². The molecule has 0 aliphatic carbocycles. The van der Waals surface area contributed by atoms with Crippen molar-refractivity contribution in [2.75, 3.05) is 4.90 Å². The Bertz CT molecular complexity index is 889. The van der Waals surface area contributed by atoms with E-state index in [1.54, 1.807) is 16.9 Å². The van der Waals surface area contributed by atoms with Gasteiger partial charge < -0.3 is 5.32 Å². The van der Waals surface area contributed by atoms with Gasteiger partial charge in [0.25, 0.3) is 5.91 Å². The molecule has 0 spiro atoms. The predicted octanol–water partition coefficient (Wildman–Crippen LogP) is 3.05. The number of nitrogens with zero attached hydrogens (tertiary/aromatic N) is 3. The van der Waals surface area contributed by atoms with Crippen molar-refractivity contribution in [3.63, 3.8) is 0 Å². The fraction of sp³-hybridized carbons (Fsp3) is 0.350. The van der Waals surface area contributed by atoms with E-state index in [0.29, 0.717) is 17.1 Å². The van der Waals surface area contributed by atoms with Crippen LogP contribution in [0.3, 0.4) is 0 Å². The summed E-state index contributed by atoms with van der Waals surface area (Å²) in [6.07, 6.45) is 3.16. The lowest BCUT2D eigenvalue weighted by molar-refractivity contribution is -0.126. The number of aryl methyl sites for hydroxylation is 1. The van der Waals surface area contributed by atoms with Gasteiger partial charge in [-0.15, -0.1) is 0 Å². The van der Waals surface area contributed by atoms with Gasteiger partial charge in [0, 0.05) is 29.2 Å². The number of fused-ring (bicyclic) bond motifs is 1. The molecule has 1 aliphatic heterocycles. The second-order valence-corrected chi connectivity index (χ2v) is 7.64. The predicted molar refractivity (Wildman–Crippen MR) is 101 cm³/mol. The minimum absolute atomic E-state index is 0.239. The first-order valence-electron chi connectivity index (χ1n) is 8.62. The molecule has 136 valence electrons. The van der Waals surface area contributed by atoms with Gasteiger partial charge in [0.1, 0.15) is 0 Å². The summed E-state index contributed by atoms with van der Waals surface area (Å²) in [5, 5.41) is 7.30. The summed E-state index contributed by atoms with van der Waals surface area (Å²) >= 11 is 0. The molecule has 0 bridgehead atoms. The van der Waals surface area contributed by atoms with Crippen molar-refractivity contribution in [2.45, 2.75) is 46.2 Å². The number of rotatable bonds is 2. The molecule has 2 amide bonds. The number of amides is 2. The molecule has 3 rings (SSSR count). The fourth-order valence-electron chi connectivity index (χ4n) is 3.13. The van der Waals surface area contributed by atoms with E-state index in [0.717, 1.165) is 5.56 Å². The van der Waals surface area contributed by atoms with Gasteiger partial charge in [0.05, 0.1) is 5.69 Å². The summed E-state index contributed by atoms with van der Waals surface area (Å²) in [5.74, 6) is -0.482. The summed E-state index contributed by atoms with van der Waals surface area (Å²) in [7, 11) is 0. The smallest absolute Gasteiger partial charge is 0.253 e. The van der Waals surface area contributed by atoms with Crippen molar-refractivity contribution < 1.29 is 9.59 Å². The Hall–Kier alpha value is -2.89. The van der Waals surface area contributed by atoms with E-state index in [1.165, 1.54) is 11.0 Å². The minimum Gasteiger partial charge on any atom is -0.349 e. The third kappa shape index (κ3) is 3.40. The summed E-state index contributed by atoms with van der Waals surface area (Å²) in [5.41, 5.74) is 2.62. The summed E-state index contributed by atoms with van der Waals surface area (Å²) < 4.78 is 1.65. The number of carbonyl (C=O) groups excluding carboxylic acids is 2. The molecule has 0 saturated carbocycles. The summed E-state index contributed by atoms with van der Waals surface area (Å²) in [6.45, 7) is 9.53. The second kappa shape index (κ2) is 6.44. The largest absolute Gasteiger partial charge is 0.349 e. The summed E-state index contributed by atoms with van der Waals surface area (Å²) in [6, 6.07) is 8.57. The molecule has 0 radical (unpaired) electrons. The van der Waals surface area contributed by atoms with Crippen molar-refractivity contribution in [1.29, 1.82) is 0 Å². The van der Waals surface area contributed by atoms with Gasteiger partial charge in [0.15, 0.2) is 6.04 Å². The minimum atomic E-state index is -0.806. The molecule has 1 aromatic carbocycles. The lowest BCUT2D eigenvalue weighted by Gasteiger charge is -2.32. The molecular weight excluding hydrogens is 328 g/mol. The highest BCUT2D eigenvalue weighted by Gasteiger charge is 2.37. The van der Waals surface area contributed by atoms with Gasteiger partial charge in [-0.25, -0.2) is 4.68 Å². The van der Waals surface area contributed by atoms with E-state index in [9.17, 15) is 9.59 Å². The van der Waals surface area contributed by atoms with Crippen LogP contribution in [-0.2, 0) is 9.59 Å². The maximum atomic E-state index is 13.2. The van der Waals surface area contributed by atoms with Crippen LogP contribution in [0.25, 0.3) is 5.70 Å².